The Balaban J connectivity index is 3.10. The monoisotopic (exact) mass is 366 g/mol. The van der Waals surface area contributed by atoms with Crippen molar-refractivity contribution in [1.29, 1.82) is 5.26 Å². The highest BCUT2D eigenvalue weighted by molar-refractivity contribution is 14.1. The number of esters is 1. The Morgan fingerprint density at radius 2 is 2.33 bits per heavy atom. The molecular weight excluding hydrogens is 357 g/mol. The molecule has 0 unspecified atom stereocenters. The van der Waals surface area contributed by atoms with Crippen LogP contribution in [0, 0.1) is 14.9 Å². The number of alkyl halides is 2. The van der Waals surface area contributed by atoms with Gasteiger partial charge in [0.1, 0.15) is 17.5 Å². The molecular formula is C11H9F2IN2O2. The van der Waals surface area contributed by atoms with Crippen molar-refractivity contribution < 1.29 is 18.3 Å². The molecule has 1 aromatic heterocycles. The van der Waals surface area contributed by atoms with Crippen molar-refractivity contribution in [2.75, 3.05) is 6.61 Å². The van der Waals surface area contributed by atoms with Gasteiger partial charge in [0.15, 0.2) is 0 Å². The number of hydrogen-bond donors (Lipinski definition) is 0. The fourth-order valence-corrected chi connectivity index (χ4v) is 2.02. The van der Waals surface area contributed by atoms with E-state index >= 15 is 0 Å². The maximum absolute atomic E-state index is 12.6. The molecule has 1 heterocycles. The van der Waals surface area contributed by atoms with Gasteiger partial charge < -0.3 is 4.74 Å². The molecule has 0 aromatic carbocycles. The predicted molar refractivity (Wildman–Crippen MR) is 67.0 cm³/mol. The Morgan fingerprint density at radius 1 is 1.67 bits per heavy atom. The molecule has 0 saturated heterocycles. The van der Waals surface area contributed by atoms with Gasteiger partial charge in [-0.05, 0) is 35.6 Å². The number of carbonyl (C=O) groups is 1. The van der Waals surface area contributed by atoms with Crippen molar-refractivity contribution in [3.05, 3.63) is 26.6 Å². The number of ether oxygens (including phenoxy) is 1. The summed E-state index contributed by atoms with van der Waals surface area (Å²) in [6.07, 6.45) is -2.90. The van der Waals surface area contributed by atoms with Crippen molar-refractivity contribution in [3.8, 4) is 6.07 Å². The number of halogens is 3. The molecule has 0 amide bonds. The van der Waals surface area contributed by atoms with Gasteiger partial charge in [-0.1, -0.05) is 0 Å². The zero-order valence-electron chi connectivity index (χ0n) is 9.41. The highest BCUT2D eigenvalue weighted by Gasteiger charge is 2.19. The summed E-state index contributed by atoms with van der Waals surface area (Å²) in [5.41, 5.74) is -0.316. The predicted octanol–water partition coefficient (Wildman–Crippen LogP) is 2.60. The fraction of sp³-hybridized carbons (Fsp3) is 0.364. The Morgan fingerprint density at radius 3 is 2.83 bits per heavy atom. The van der Waals surface area contributed by atoms with E-state index in [9.17, 15) is 13.6 Å². The Bertz CT molecular complexity index is 501. The summed E-state index contributed by atoms with van der Waals surface area (Å²) in [5.74, 6) is -0.517. The van der Waals surface area contributed by atoms with E-state index in [1.807, 2.05) is 0 Å². The smallest absolute Gasteiger partial charge is 0.310 e. The first-order valence-electron chi connectivity index (χ1n) is 5.02. The van der Waals surface area contributed by atoms with Crippen LogP contribution in [0.3, 0.4) is 0 Å². The van der Waals surface area contributed by atoms with E-state index in [-0.39, 0.29) is 22.3 Å². The molecule has 0 fully saturated rings. The van der Waals surface area contributed by atoms with E-state index in [4.69, 9.17) is 10.00 Å². The summed E-state index contributed by atoms with van der Waals surface area (Å²) in [4.78, 5) is 14.9. The Labute approximate surface area is 116 Å². The molecule has 4 nitrogen and oxygen atoms in total. The number of aromatic nitrogens is 1. The van der Waals surface area contributed by atoms with Crippen LogP contribution in [-0.4, -0.2) is 17.6 Å². The van der Waals surface area contributed by atoms with E-state index < -0.39 is 18.1 Å². The molecule has 7 heteroatoms. The molecule has 0 saturated carbocycles. The second-order valence-electron chi connectivity index (χ2n) is 3.26. The van der Waals surface area contributed by atoms with Gasteiger partial charge in [0, 0.05) is 9.13 Å². The standard InChI is InChI=1S/C11H9F2IN2O2/c1-2-18-9(17)4-6-3-7(14)10(11(12)13)16-8(6)5-15/h3,11H,2,4H2,1H3. The van der Waals surface area contributed by atoms with Crippen LogP contribution >= 0.6 is 22.6 Å². The number of nitrogens with zero attached hydrogens (tertiary/aromatic N) is 2. The van der Waals surface area contributed by atoms with Gasteiger partial charge in [0.2, 0.25) is 0 Å². The van der Waals surface area contributed by atoms with Crippen LogP contribution in [0.4, 0.5) is 8.78 Å². The molecule has 0 aliphatic carbocycles. The van der Waals surface area contributed by atoms with Crippen LogP contribution in [-0.2, 0) is 16.0 Å². The van der Waals surface area contributed by atoms with Gasteiger partial charge in [-0.3, -0.25) is 4.79 Å². The van der Waals surface area contributed by atoms with Crippen LogP contribution in [0.5, 0.6) is 0 Å². The lowest BCUT2D eigenvalue weighted by molar-refractivity contribution is -0.142. The average Bonchev–Trinajstić information content (AvgIpc) is 2.29. The summed E-state index contributed by atoms with van der Waals surface area (Å²) in [5, 5.41) is 8.85. The molecule has 0 N–H and O–H groups in total. The van der Waals surface area contributed by atoms with E-state index in [2.05, 4.69) is 4.98 Å². The van der Waals surface area contributed by atoms with Crippen molar-refractivity contribution in [2.24, 2.45) is 0 Å². The molecule has 0 radical (unpaired) electrons. The van der Waals surface area contributed by atoms with Gasteiger partial charge in [-0.15, -0.1) is 0 Å². The quantitative estimate of drug-likeness (QED) is 0.607. The molecule has 0 atom stereocenters. The Kier molecular flexibility index (Phi) is 5.40. The summed E-state index contributed by atoms with van der Waals surface area (Å²) < 4.78 is 30.1. The Hall–Kier alpha value is -1.30. The van der Waals surface area contributed by atoms with Gasteiger partial charge >= 0.3 is 5.97 Å². The third-order valence-corrected chi connectivity index (χ3v) is 2.90. The SMILES string of the molecule is CCOC(=O)Cc1cc(I)c(C(F)F)nc1C#N. The highest BCUT2D eigenvalue weighted by atomic mass is 127. The lowest BCUT2D eigenvalue weighted by Gasteiger charge is -2.08. The minimum Gasteiger partial charge on any atom is -0.466 e. The number of pyridine rings is 1. The van der Waals surface area contributed by atoms with Gasteiger partial charge in [0.25, 0.3) is 6.43 Å². The fourth-order valence-electron chi connectivity index (χ4n) is 1.29. The highest BCUT2D eigenvalue weighted by Crippen LogP contribution is 2.24. The van der Waals surface area contributed by atoms with Crippen molar-refractivity contribution in [2.45, 2.75) is 19.8 Å². The second-order valence-corrected chi connectivity index (χ2v) is 4.42. The van der Waals surface area contributed by atoms with Crippen LogP contribution in [0.2, 0.25) is 0 Å². The minimum absolute atomic E-state index is 0.150. The van der Waals surface area contributed by atoms with E-state index in [0.717, 1.165) is 0 Å². The van der Waals surface area contributed by atoms with E-state index in [1.165, 1.54) is 6.07 Å². The van der Waals surface area contributed by atoms with Gasteiger partial charge in [-0.25, -0.2) is 13.8 Å². The topological polar surface area (TPSA) is 63.0 Å². The first kappa shape index (κ1) is 14.8. The molecule has 96 valence electrons. The third-order valence-electron chi connectivity index (χ3n) is 2.03. The zero-order valence-corrected chi connectivity index (χ0v) is 11.6. The molecule has 1 aromatic rings. The normalized spacial score (nSPS) is 10.2. The first-order valence-corrected chi connectivity index (χ1v) is 6.10. The second kappa shape index (κ2) is 6.58. The minimum atomic E-state index is -2.75. The summed E-state index contributed by atoms with van der Waals surface area (Å²) in [6, 6.07) is 3.08. The third kappa shape index (κ3) is 3.60. The van der Waals surface area contributed by atoms with Crippen molar-refractivity contribution in [3.63, 3.8) is 0 Å². The van der Waals surface area contributed by atoms with Gasteiger partial charge in [-0.2, -0.15) is 5.26 Å². The molecule has 0 bridgehead atoms. The number of hydrogen-bond acceptors (Lipinski definition) is 4. The van der Waals surface area contributed by atoms with Crippen LogP contribution in [0.15, 0.2) is 6.07 Å². The summed E-state index contributed by atoms with van der Waals surface area (Å²) in [6.45, 7) is 1.88. The molecule has 18 heavy (non-hydrogen) atoms. The molecule has 1 rings (SSSR count). The molecule has 0 aliphatic rings. The summed E-state index contributed by atoms with van der Waals surface area (Å²) >= 11 is 1.70. The number of carbonyl (C=O) groups excluding carboxylic acids is 1. The average molecular weight is 366 g/mol. The van der Waals surface area contributed by atoms with Gasteiger partial charge in [0.05, 0.1) is 13.0 Å². The van der Waals surface area contributed by atoms with E-state index in [1.54, 1.807) is 35.6 Å². The molecule has 0 aliphatic heterocycles. The van der Waals surface area contributed by atoms with E-state index in [0.29, 0.717) is 5.56 Å². The summed E-state index contributed by atoms with van der Waals surface area (Å²) in [7, 11) is 0. The van der Waals surface area contributed by atoms with Crippen molar-refractivity contribution >= 4 is 28.6 Å². The largest absolute Gasteiger partial charge is 0.466 e. The number of rotatable bonds is 4. The van der Waals surface area contributed by atoms with Crippen LogP contribution in [0.1, 0.15) is 30.3 Å². The zero-order chi connectivity index (χ0) is 13.7. The lowest BCUT2D eigenvalue weighted by atomic mass is 10.1. The maximum atomic E-state index is 12.6. The first-order chi connectivity index (χ1) is 8.49. The lowest BCUT2D eigenvalue weighted by Crippen LogP contribution is -2.11. The maximum Gasteiger partial charge on any atom is 0.310 e. The van der Waals surface area contributed by atoms with Crippen molar-refractivity contribution in [1.82, 2.24) is 4.98 Å². The van der Waals surface area contributed by atoms with Crippen LogP contribution in [0.25, 0.3) is 0 Å². The van der Waals surface area contributed by atoms with Crippen LogP contribution < -0.4 is 0 Å². The molecule has 0 spiro atoms. The number of nitriles is 1.